The molecule has 60 valence electrons. The lowest BCUT2D eigenvalue weighted by Gasteiger charge is -1.97. The molecule has 0 aliphatic carbocycles. The maximum atomic E-state index is 4.27. The van der Waals surface area contributed by atoms with Crippen molar-refractivity contribution >= 4 is 22.8 Å². The molecule has 3 heteroatoms. The van der Waals surface area contributed by atoms with Crippen molar-refractivity contribution < 1.29 is 0 Å². The molecule has 2 aromatic heterocycles. The van der Waals surface area contributed by atoms with Gasteiger partial charge in [0.05, 0.1) is 11.0 Å². The number of nitrogens with zero attached hydrogens (tertiary/aromatic N) is 2. The lowest BCUT2D eigenvalue weighted by atomic mass is 10.3. The molecular formula is C9H8N2S. The Morgan fingerprint density at radius 2 is 2.17 bits per heavy atom. The van der Waals surface area contributed by atoms with Crippen molar-refractivity contribution in [2.75, 3.05) is 6.26 Å². The molecule has 2 heterocycles. The van der Waals surface area contributed by atoms with Crippen LogP contribution in [0.3, 0.4) is 0 Å². The van der Waals surface area contributed by atoms with Crippen molar-refractivity contribution in [1.29, 1.82) is 0 Å². The number of hydrogen-bond donors (Lipinski definition) is 0. The van der Waals surface area contributed by atoms with Crippen molar-refractivity contribution in [2.45, 2.75) is 4.90 Å². The molecule has 12 heavy (non-hydrogen) atoms. The zero-order valence-electron chi connectivity index (χ0n) is 6.69. The summed E-state index contributed by atoms with van der Waals surface area (Å²) in [4.78, 5) is 9.64. The Balaban J connectivity index is 2.67. The molecule has 0 aromatic carbocycles. The Hall–Kier alpha value is -1.09. The van der Waals surface area contributed by atoms with Gasteiger partial charge in [0.15, 0.2) is 0 Å². The molecule has 2 rings (SSSR count). The number of aromatic nitrogens is 2. The van der Waals surface area contributed by atoms with Crippen LogP contribution in [-0.4, -0.2) is 16.2 Å². The van der Waals surface area contributed by atoms with Crippen LogP contribution in [0.1, 0.15) is 0 Å². The zero-order valence-corrected chi connectivity index (χ0v) is 7.51. The fourth-order valence-electron chi connectivity index (χ4n) is 1.05. The largest absolute Gasteiger partial charge is 0.255 e. The Kier molecular flexibility index (Phi) is 1.96. The Labute approximate surface area is 75.0 Å². The molecular weight excluding hydrogens is 168 g/mol. The van der Waals surface area contributed by atoms with Crippen LogP contribution in [0.15, 0.2) is 35.5 Å². The quantitative estimate of drug-likeness (QED) is 0.624. The highest BCUT2D eigenvalue weighted by atomic mass is 32.2. The first-order chi connectivity index (χ1) is 5.90. The summed E-state index contributed by atoms with van der Waals surface area (Å²) in [5, 5.41) is 0. The fraction of sp³-hybridized carbons (Fsp3) is 0.111. The minimum absolute atomic E-state index is 0.954. The summed E-state index contributed by atoms with van der Waals surface area (Å²) in [6.45, 7) is 0. The van der Waals surface area contributed by atoms with Gasteiger partial charge in [0.2, 0.25) is 0 Å². The molecule has 0 radical (unpaired) electrons. The Morgan fingerprint density at radius 1 is 1.25 bits per heavy atom. The van der Waals surface area contributed by atoms with Gasteiger partial charge in [0.25, 0.3) is 0 Å². The normalized spacial score (nSPS) is 10.4. The topological polar surface area (TPSA) is 25.8 Å². The van der Waals surface area contributed by atoms with Gasteiger partial charge < -0.3 is 0 Å². The third kappa shape index (κ3) is 1.28. The highest BCUT2D eigenvalue weighted by molar-refractivity contribution is 7.98. The second-order valence-electron chi connectivity index (χ2n) is 2.42. The van der Waals surface area contributed by atoms with Crippen molar-refractivity contribution in [2.24, 2.45) is 0 Å². The molecule has 0 N–H and O–H groups in total. The second-order valence-corrected chi connectivity index (χ2v) is 3.30. The van der Waals surface area contributed by atoms with E-state index < -0.39 is 0 Å². The van der Waals surface area contributed by atoms with E-state index in [0.29, 0.717) is 0 Å². The van der Waals surface area contributed by atoms with Crippen LogP contribution in [0.2, 0.25) is 0 Å². The Morgan fingerprint density at radius 3 is 3.00 bits per heavy atom. The molecule has 0 aliphatic heterocycles. The van der Waals surface area contributed by atoms with Crippen LogP contribution in [-0.2, 0) is 0 Å². The molecule has 0 unspecified atom stereocenters. The SMILES string of the molecule is CSc1cnc2cccnc2c1. The molecule has 0 saturated heterocycles. The van der Waals surface area contributed by atoms with Crippen LogP contribution < -0.4 is 0 Å². The van der Waals surface area contributed by atoms with Gasteiger partial charge in [0, 0.05) is 17.3 Å². The number of thioether (sulfide) groups is 1. The molecule has 0 aliphatic rings. The van der Waals surface area contributed by atoms with Crippen LogP contribution >= 0.6 is 11.8 Å². The molecule has 0 bridgehead atoms. The highest BCUT2D eigenvalue weighted by Crippen LogP contribution is 2.17. The number of hydrogen-bond acceptors (Lipinski definition) is 3. The predicted molar refractivity (Wildman–Crippen MR) is 51.3 cm³/mol. The maximum Gasteiger partial charge on any atom is 0.0897 e. The fourth-order valence-corrected chi connectivity index (χ4v) is 1.43. The van der Waals surface area contributed by atoms with E-state index in [1.807, 2.05) is 30.7 Å². The van der Waals surface area contributed by atoms with E-state index in [0.717, 1.165) is 15.9 Å². The van der Waals surface area contributed by atoms with E-state index in [4.69, 9.17) is 0 Å². The van der Waals surface area contributed by atoms with Gasteiger partial charge >= 0.3 is 0 Å². The zero-order chi connectivity index (χ0) is 8.39. The van der Waals surface area contributed by atoms with Crippen LogP contribution in [0, 0.1) is 0 Å². The molecule has 2 aromatic rings. The molecule has 2 nitrogen and oxygen atoms in total. The molecule has 0 amide bonds. The minimum atomic E-state index is 0.954. The van der Waals surface area contributed by atoms with E-state index in [-0.39, 0.29) is 0 Å². The van der Waals surface area contributed by atoms with Crippen LogP contribution in [0.5, 0.6) is 0 Å². The van der Waals surface area contributed by atoms with Crippen molar-refractivity contribution in [3.63, 3.8) is 0 Å². The first-order valence-electron chi connectivity index (χ1n) is 3.65. The van der Waals surface area contributed by atoms with Gasteiger partial charge in [-0.05, 0) is 24.5 Å². The van der Waals surface area contributed by atoms with Gasteiger partial charge in [0.1, 0.15) is 0 Å². The third-order valence-electron chi connectivity index (χ3n) is 1.66. The predicted octanol–water partition coefficient (Wildman–Crippen LogP) is 2.35. The summed E-state index contributed by atoms with van der Waals surface area (Å²) >= 11 is 1.68. The maximum absolute atomic E-state index is 4.27. The number of rotatable bonds is 1. The highest BCUT2D eigenvalue weighted by Gasteiger charge is 1.95. The average Bonchev–Trinajstić information content (AvgIpc) is 2.17. The Bertz CT molecular complexity index is 400. The first kappa shape index (κ1) is 7.55. The van der Waals surface area contributed by atoms with Gasteiger partial charge in [-0.15, -0.1) is 11.8 Å². The molecule has 0 saturated carbocycles. The summed E-state index contributed by atoms with van der Waals surface area (Å²) in [7, 11) is 0. The average molecular weight is 176 g/mol. The van der Waals surface area contributed by atoms with E-state index in [9.17, 15) is 0 Å². The van der Waals surface area contributed by atoms with Crippen molar-refractivity contribution in [1.82, 2.24) is 9.97 Å². The summed E-state index contributed by atoms with van der Waals surface area (Å²) in [5.41, 5.74) is 1.92. The third-order valence-corrected chi connectivity index (χ3v) is 2.36. The van der Waals surface area contributed by atoms with Gasteiger partial charge in [-0.25, -0.2) is 0 Å². The van der Waals surface area contributed by atoms with Crippen molar-refractivity contribution in [3.8, 4) is 0 Å². The number of fused-ring (bicyclic) bond motifs is 1. The lowest BCUT2D eigenvalue weighted by Crippen LogP contribution is -1.81. The van der Waals surface area contributed by atoms with Gasteiger partial charge in [-0.1, -0.05) is 0 Å². The van der Waals surface area contributed by atoms with E-state index in [1.54, 1.807) is 18.0 Å². The summed E-state index contributed by atoms with van der Waals surface area (Å²) in [5.74, 6) is 0. The lowest BCUT2D eigenvalue weighted by molar-refractivity contribution is 1.27. The van der Waals surface area contributed by atoms with E-state index >= 15 is 0 Å². The monoisotopic (exact) mass is 176 g/mol. The van der Waals surface area contributed by atoms with Crippen LogP contribution in [0.4, 0.5) is 0 Å². The van der Waals surface area contributed by atoms with Crippen molar-refractivity contribution in [3.05, 3.63) is 30.6 Å². The van der Waals surface area contributed by atoms with Gasteiger partial charge in [-0.2, -0.15) is 0 Å². The summed E-state index contributed by atoms with van der Waals surface area (Å²) in [6, 6.07) is 5.91. The molecule has 0 spiro atoms. The smallest absolute Gasteiger partial charge is 0.0897 e. The minimum Gasteiger partial charge on any atom is -0.255 e. The standard InChI is InChI=1S/C9H8N2S/c1-12-7-5-9-8(11-6-7)3-2-4-10-9/h2-6H,1H3. The molecule has 0 atom stereocenters. The first-order valence-corrected chi connectivity index (χ1v) is 4.87. The van der Waals surface area contributed by atoms with Crippen LogP contribution in [0.25, 0.3) is 11.0 Å². The molecule has 0 fully saturated rings. The van der Waals surface area contributed by atoms with E-state index in [2.05, 4.69) is 9.97 Å². The number of pyridine rings is 2. The van der Waals surface area contributed by atoms with Gasteiger partial charge in [-0.3, -0.25) is 9.97 Å². The second kappa shape index (κ2) is 3.11. The van der Waals surface area contributed by atoms with E-state index in [1.165, 1.54) is 0 Å². The summed E-state index contributed by atoms with van der Waals surface area (Å²) < 4.78 is 0. The summed E-state index contributed by atoms with van der Waals surface area (Å²) in [6.07, 6.45) is 5.69.